The molecule has 0 aromatic carbocycles. The van der Waals surface area contributed by atoms with E-state index in [-0.39, 0.29) is 58.2 Å². The highest BCUT2D eigenvalue weighted by molar-refractivity contribution is 6.28. The molecular weight excluding hydrogens is 516 g/mol. The minimum absolute atomic E-state index is 0.0285. The van der Waals surface area contributed by atoms with Crippen LogP contribution in [0.3, 0.4) is 0 Å². The van der Waals surface area contributed by atoms with E-state index in [4.69, 9.17) is 18.9 Å². The molecule has 0 aromatic heterocycles. The number of urea groups is 2. The highest BCUT2D eigenvalue weighted by Crippen LogP contribution is 2.20. The second kappa shape index (κ2) is 15.6. The maximum absolute atomic E-state index is 12.9. The number of hydrogen-bond donors (Lipinski definition) is 0. The number of hydrogen-bond acceptors (Lipinski definition) is 10. The summed E-state index contributed by atoms with van der Waals surface area (Å²) in [6.07, 6.45) is 6.73. The quantitative estimate of drug-likeness (QED) is 0.116. The molecule has 14 nitrogen and oxygen atoms in total. The van der Waals surface area contributed by atoms with Crippen LogP contribution < -0.4 is 0 Å². The fourth-order valence-corrected chi connectivity index (χ4v) is 3.71. The number of barbiturate groups is 2. The molecule has 0 aromatic rings. The van der Waals surface area contributed by atoms with Gasteiger partial charge in [-0.1, -0.05) is 24.3 Å². The first-order chi connectivity index (χ1) is 18.7. The number of allylic oxidation sites excluding steroid dienone is 4. The van der Waals surface area contributed by atoms with Gasteiger partial charge in [-0.2, -0.15) is 0 Å². The van der Waals surface area contributed by atoms with Crippen molar-refractivity contribution < 1.29 is 47.7 Å². The molecule has 39 heavy (non-hydrogen) atoms. The number of nitrogens with zero attached hydrogens (tertiary/aromatic N) is 4. The minimum Gasteiger partial charge on any atom is -0.383 e. The van der Waals surface area contributed by atoms with Crippen LogP contribution in [0.15, 0.2) is 36.0 Å². The molecular formula is C25H34N4O10. The number of amides is 8. The zero-order valence-corrected chi connectivity index (χ0v) is 22.5. The molecule has 2 rings (SSSR count). The summed E-state index contributed by atoms with van der Waals surface area (Å²) in [6, 6.07) is -1.51. The van der Waals surface area contributed by atoms with Crippen molar-refractivity contribution >= 4 is 35.7 Å². The van der Waals surface area contributed by atoms with Crippen LogP contribution in [-0.2, 0) is 38.1 Å². The van der Waals surface area contributed by atoms with Crippen LogP contribution >= 0.6 is 0 Å². The summed E-state index contributed by atoms with van der Waals surface area (Å²) in [5.41, 5.74) is -0.252. The average Bonchev–Trinajstić information content (AvgIpc) is 2.91. The third-order valence-corrected chi connectivity index (χ3v) is 5.80. The van der Waals surface area contributed by atoms with Crippen molar-refractivity contribution in [2.24, 2.45) is 5.92 Å². The average molecular weight is 551 g/mol. The molecule has 0 saturated carbocycles. The molecule has 2 saturated heterocycles. The van der Waals surface area contributed by atoms with Crippen molar-refractivity contribution in [2.75, 3.05) is 81.0 Å². The Hall–Kier alpha value is -3.72. The first-order valence-electron chi connectivity index (χ1n) is 12.1. The zero-order valence-electron chi connectivity index (χ0n) is 22.5. The SMILES string of the molecule is COCCN1C(=O)C(=C/C=C/C=C/C2C(=O)N(CCOC)C(=O)N(CCOC)C2=O)C(=O)N(CCOC)C1=O. The maximum atomic E-state index is 12.9. The van der Waals surface area contributed by atoms with Crippen LogP contribution in [0.1, 0.15) is 0 Å². The van der Waals surface area contributed by atoms with E-state index in [1.807, 2.05) is 0 Å². The fraction of sp³-hybridized carbons (Fsp3) is 0.520. The van der Waals surface area contributed by atoms with Crippen LogP contribution in [0.2, 0.25) is 0 Å². The maximum Gasteiger partial charge on any atom is 0.334 e. The Morgan fingerprint density at radius 1 is 0.564 bits per heavy atom. The second-order valence-electron chi connectivity index (χ2n) is 8.26. The van der Waals surface area contributed by atoms with Crippen molar-refractivity contribution in [2.45, 2.75) is 0 Å². The van der Waals surface area contributed by atoms with Gasteiger partial charge in [0.25, 0.3) is 11.8 Å². The summed E-state index contributed by atoms with van der Waals surface area (Å²) in [7, 11) is 5.69. The minimum atomic E-state index is -1.27. The smallest absolute Gasteiger partial charge is 0.334 e. The highest BCUT2D eigenvalue weighted by atomic mass is 16.5. The molecule has 0 radical (unpaired) electrons. The van der Waals surface area contributed by atoms with Gasteiger partial charge >= 0.3 is 12.1 Å². The lowest BCUT2D eigenvalue weighted by atomic mass is 10.0. The lowest BCUT2D eigenvalue weighted by Gasteiger charge is -2.35. The Morgan fingerprint density at radius 3 is 1.36 bits per heavy atom. The Morgan fingerprint density at radius 2 is 0.949 bits per heavy atom. The molecule has 0 unspecified atom stereocenters. The largest absolute Gasteiger partial charge is 0.383 e. The molecule has 2 fully saturated rings. The molecule has 214 valence electrons. The van der Waals surface area contributed by atoms with E-state index in [0.29, 0.717) is 0 Å². The number of carbonyl (C=O) groups is 6. The Balaban J connectivity index is 2.25. The number of imide groups is 4. The molecule has 2 aliphatic rings. The molecule has 0 aliphatic carbocycles. The molecule has 2 heterocycles. The first kappa shape index (κ1) is 31.5. The molecule has 8 amide bonds. The molecule has 14 heteroatoms. The normalized spacial score (nSPS) is 17.7. The van der Waals surface area contributed by atoms with Crippen LogP contribution in [0.5, 0.6) is 0 Å². The summed E-state index contributed by atoms with van der Waals surface area (Å²) in [5, 5.41) is 0. The molecule has 0 N–H and O–H groups in total. The van der Waals surface area contributed by atoms with Crippen molar-refractivity contribution in [1.29, 1.82) is 0 Å². The number of ether oxygens (including phenoxy) is 4. The third kappa shape index (κ3) is 7.66. The summed E-state index contributed by atoms with van der Waals surface area (Å²) in [6.45, 7) is 0.223. The number of carbonyl (C=O) groups excluding carboxylic acids is 6. The van der Waals surface area contributed by atoms with E-state index in [1.54, 1.807) is 0 Å². The Bertz CT molecular complexity index is 976. The second-order valence-corrected chi connectivity index (χ2v) is 8.26. The van der Waals surface area contributed by atoms with Gasteiger partial charge in [-0.05, 0) is 6.08 Å². The van der Waals surface area contributed by atoms with Gasteiger partial charge in [-0.3, -0.25) is 38.8 Å². The highest BCUT2D eigenvalue weighted by Gasteiger charge is 2.44. The lowest BCUT2D eigenvalue weighted by Crippen LogP contribution is -2.60. The van der Waals surface area contributed by atoms with E-state index >= 15 is 0 Å². The van der Waals surface area contributed by atoms with Crippen molar-refractivity contribution in [3.8, 4) is 0 Å². The third-order valence-electron chi connectivity index (χ3n) is 5.80. The zero-order chi connectivity index (χ0) is 28.9. The van der Waals surface area contributed by atoms with Crippen LogP contribution in [0.4, 0.5) is 9.59 Å². The van der Waals surface area contributed by atoms with E-state index in [9.17, 15) is 28.8 Å². The van der Waals surface area contributed by atoms with E-state index < -0.39 is 41.6 Å². The Kier molecular flexibility index (Phi) is 12.6. The van der Waals surface area contributed by atoms with Gasteiger partial charge < -0.3 is 18.9 Å². The Labute approximate surface area is 226 Å². The van der Waals surface area contributed by atoms with Crippen molar-refractivity contribution in [3.63, 3.8) is 0 Å². The van der Waals surface area contributed by atoms with E-state index in [1.165, 1.54) is 58.8 Å². The standard InChI is InChI=1S/C25H34N4O10/c1-36-14-10-26-20(30)18(21(31)27(24(26)34)11-15-37-2)8-6-5-7-9-19-22(32)28(12-16-38-3)25(35)29(23(19)33)13-17-39-4/h5-9,18H,10-17H2,1-4H3/b7-5+,8-6+. The van der Waals surface area contributed by atoms with Gasteiger partial charge in [0.2, 0.25) is 11.8 Å². The van der Waals surface area contributed by atoms with Gasteiger partial charge in [0.15, 0.2) is 0 Å². The van der Waals surface area contributed by atoms with Gasteiger partial charge in [0.1, 0.15) is 11.5 Å². The first-order valence-corrected chi connectivity index (χ1v) is 12.1. The van der Waals surface area contributed by atoms with Crippen molar-refractivity contribution in [3.05, 3.63) is 36.0 Å². The summed E-state index contributed by atoms with van der Waals surface area (Å²) in [4.78, 5) is 80.5. The summed E-state index contributed by atoms with van der Waals surface area (Å²) < 4.78 is 19.8. The van der Waals surface area contributed by atoms with E-state index in [0.717, 1.165) is 19.6 Å². The van der Waals surface area contributed by atoms with Gasteiger partial charge in [-0.25, -0.2) is 9.59 Å². The topological polar surface area (TPSA) is 152 Å². The van der Waals surface area contributed by atoms with Gasteiger partial charge in [0, 0.05) is 28.4 Å². The van der Waals surface area contributed by atoms with Gasteiger partial charge in [-0.15, -0.1) is 0 Å². The summed E-state index contributed by atoms with van der Waals surface area (Å²) in [5.74, 6) is -4.21. The molecule has 2 aliphatic heterocycles. The predicted molar refractivity (Wildman–Crippen MR) is 135 cm³/mol. The van der Waals surface area contributed by atoms with Crippen LogP contribution in [0.25, 0.3) is 0 Å². The van der Waals surface area contributed by atoms with Crippen LogP contribution in [0, 0.1) is 5.92 Å². The van der Waals surface area contributed by atoms with E-state index in [2.05, 4.69) is 0 Å². The predicted octanol–water partition coefficient (Wildman–Crippen LogP) is -0.191. The number of methoxy groups -OCH3 is 4. The van der Waals surface area contributed by atoms with Crippen molar-refractivity contribution in [1.82, 2.24) is 19.6 Å². The molecule has 0 bridgehead atoms. The lowest BCUT2D eigenvalue weighted by molar-refractivity contribution is -0.148. The van der Waals surface area contributed by atoms with Crippen LogP contribution in [-0.4, -0.2) is 136 Å². The molecule has 0 atom stereocenters. The molecule has 0 spiro atoms. The fourth-order valence-electron chi connectivity index (χ4n) is 3.71. The van der Waals surface area contributed by atoms with Gasteiger partial charge in [0.05, 0.1) is 52.6 Å². The summed E-state index contributed by atoms with van der Waals surface area (Å²) >= 11 is 0. The number of rotatable bonds is 15. The monoisotopic (exact) mass is 550 g/mol.